The van der Waals surface area contributed by atoms with Gasteiger partial charge < -0.3 is 9.47 Å². The Balaban J connectivity index is 1.32. The first-order valence-electron chi connectivity index (χ1n) is 14.6. The van der Waals surface area contributed by atoms with Crippen molar-refractivity contribution in [2.75, 3.05) is 0 Å². The summed E-state index contributed by atoms with van der Waals surface area (Å²) in [7, 11) is 0. The zero-order chi connectivity index (χ0) is 26.7. The molecule has 0 amide bonds. The highest BCUT2D eigenvalue weighted by Crippen LogP contribution is 2.32. The van der Waals surface area contributed by atoms with Crippen molar-refractivity contribution in [3.63, 3.8) is 0 Å². The SMILES string of the molecule is CCCCCC[C@H](C)Oc1ccc(-c2cn3cc(-c4ccc(O[C@@H](C)CCCCCC)cc4)sc3n2)cc1. The summed E-state index contributed by atoms with van der Waals surface area (Å²) in [6.07, 6.45) is 17.2. The maximum absolute atomic E-state index is 6.13. The summed E-state index contributed by atoms with van der Waals surface area (Å²) in [6.45, 7) is 8.83. The molecule has 2 heterocycles. The van der Waals surface area contributed by atoms with Gasteiger partial charge in [0.05, 0.1) is 22.8 Å². The van der Waals surface area contributed by atoms with Crippen LogP contribution in [-0.2, 0) is 0 Å². The van der Waals surface area contributed by atoms with E-state index >= 15 is 0 Å². The van der Waals surface area contributed by atoms with Gasteiger partial charge in [-0.25, -0.2) is 4.98 Å². The fraction of sp³-hybridized carbons (Fsp3) is 0.485. The van der Waals surface area contributed by atoms with Crippen LogP contribution in [0.1, 0.15) is 91.9 Å². The smallest absolute Gasteiger partial charge is 0.194 e. The summed E-state index contributed by atoms with van der Waals surface area (Å²) in [4.78, 5) is 7.09. The third-order valence-corrected chi connectivity index (χ3v) is 8.09. The summed E-state index contributed by atoms with van der Waals surface area (Å²) in [5, 5.41) is 0. The number of rotatable bonds is 16. The van der Waals surface area contributed by atoms with E-state index in [9.17, 15) is 0 Å². The van der Waals surface area contributed by atoms with Crippen molar-refractivity contribution in [3.05, 3.63) is 60.9 Å². The summed E-state index contributed by atoms with van der Waals surface area (Å²) in [5.41, 5.74) is 3.28. The van der Waals surface area contributed by atoms with Crippen LogP contribution < -0.4 is 9.47 Å². The van der Waals surface area contributed by atoms with Gasteiger partial charge in [0, 0.05) is 18.0 Å². The molecule has 0 aliphatic carbocycles. The van der Waals surface area contributed by atoms with E-state index in [2.05, 4.69) is 93.0 Å². The first kappa shape index (κ1) is 28.2. The topological polar surface area (TPSA) is 35.8 Å². The molecule has 0 bridgehead atoms. The molecule has 5 heteroatoms. The number of hydrogen-bond acceptors (Lipinski definition) is 4. The monoisotopic (exact) mass is 532 g/mol. The lowest BCUT2D eigenvalue weighted by atomic mass is 10.1. The minimum atomic E-state index is 0.244. The van der Waals surface area contributed by atoms with E-state index in [0.717, 1.165) is 40.6 Å². The second kappa shape index (κ2) is 14.4. The number of benzene rings is 2. The van der Waals surface area contributed by atoms with Gasteiger partial charge in [-0.05, 0) is 93.6 Å². The predicted octanol–water partition coefficient (Wildman–Crippen LogP) is 10.2. The summed E-state index contributed by atoms with van der Waals surface area (Å²) in [5.74, 6) is 1.87. The zero-order valence-electron chi connectivity index (χ0n) is 23.6. The Kier molecular flexibility index (Phi) is 10.7. The molecule has 38 heavy (non-hydrogen) atoms. The molecule has 2 aromatic carbocycles. The molecule has 0 saturated heterocycles. The van der Waals surface area contributed by atoms with Gasteiger partial charge in [0.15, 0.2) is 4.96 Å². The number of imidazole rings is 1. The highest BCUT2D eigenvalue weighted by atomic mass is 32.1. The number of hydrogen-bond donors (Lipinski definition) is 0. The van der Waals surface area contributed by atoms with E-state index in [0.29, 0.717) is 0 Å². The number of fused-ring (bicyclic) bond motifs is 1. The quantitative estimate of drug-likeness (QED) is 0.135. The van der Waals surface area contributed by atoms with Gasteiger partial charge in [-0.15, -0.1) is 0 Å². The predicted molar refractivity (Wildman–Crippen MR) is 162 cm³/mol. The molecule has 0 N–H and O–H groups in total. The molecular formula is C33H44N2O2S. The van der Waals surface area contributed by atoms with Crippen molar-refractivity contribution in [1.82, 2.24) is 9.38 Å². The van der Waals surface area contributed by atoms with E-state index in [-0.39, 0.29) is 12.2 Å². The minimum Gasteiger partial charge on any atom is -0.491 e. The molecule has 4 rings (SSSR count). The number of aromatic nitrogens is 2. The van der Waals surface area contributed by atoms with Crippen LogP contribution in [0.5, 0.6) is 11.5 Å². The second-order valence-electron chi connectivity index (χ2n) is 10.5. The number of ether oxygens (including phenoxy) is 2. The average Bonchev–Trinajstić information content (AvgIpc) is 3.50. The lowest BCUT2D eigenvalue weighted by molar-refractivity contribution is 0.206. The Labute approximate surface area is 233 Å². The van der Waals surface area contributed by atoms with Gasteiger partial charge in [0.1, 0.15) is 11.5 Å². The van der Waals surface area contributed by atoms with Crippen LogP contribution in [0.2, 0.25) is 0 Å². The van der Waals surface area contributed by atoms with E-state index in [1.165, 1.54) is 61.8 Å². The molecule has 0 fully saturated rings. The van der Waals surface area contributed by atoms with Crippen LogP contribution in [-0.4, -0.2) is 21.6 Å². The lowest BCUT2D eigenvalue weighted by Crippen LogP contribution is -2.11. The minimum absolute atomic E-state index is 0.244. The van der Waals surface area contributed by atoms with E-state index in [1.807, 2.05) is 0 Å². The molecule has 0 unspecified atom stereocenters. The zero-order valence-corrected chi connectivity index (χ0v) is 24.4. The van der Waals surface area contributed by atoms with Crippen LogP contribution >= 0.6 is 11.3 Å². The molecule has 0 aliphatic heterocycles. The first-order chi connectivity index (χ1) is 18.6. The van der Waals surface area contributed by atoms with Crippen molar-refractivity contribution in [3.8, 4) is 33.2 Å². The van der Waals surface area contributed by atoms with Crippen molar-refractivity contribution in [2.24, 2.45) is 0 Å². The fourth-order valence-electron chi connectivity index (χ4n) is 4.77. The molecule has 0 saturated carbocycles. The average molecular weight is 533 g/mol. The van der Waals surface area contributed by atoms with Crippen LogP contribution in [0.15, 0.2) is 60.9 Å². The molecule has 0 aliphatic rings. The second-order valence-corrected chi connectivity index (χ2v) is 11.5. The van der Waals surface area contributed by atoms with Gasteiger partial charge >= 0.3 is 0 Å². The van der Waals surface area contributed by atoms with Crippen molar-refractivity contribution in [1.29, 1.82) is 0 Å². The Bertz CT molecular complexity index is 1100. The Morgan fingerprint density at radius 3 is 1.71 bits per heavy atom. The molecular weight excluding hydrogens is 488 g/mol. The summed E-state index contributed by atoms with van der Waals surface area (Å²) >= 11 is 1.71. The lowest BCUT2D eigenvalue weighted by Gasteiger charge is -2.14. The maximum Gasteiger partial charge on any atom is 0.194 e. The van der Waals surface area contributed by atoms with Crippen molar-refractivity contribution < 1.29 is 9.47 Å². The molecule has 0 radical (unpaired) electrons. The third-order valence-electron chi connectivity index (χ3n) is 7.05. The van der Waals surface area contributed by atoms with Gasteiger partial charge in [-0.3, -0.25) is 4.40 Å². The Morgan fingerprint density at radius 2 is 1.21 bits per heavy atom. The van der Waals surface area contributed by atoms with Gasteiger partial charge in [-0.1, -0.05) is 63.7 Å². The molecule has 0 spiro atoms. The molecule has 4 nitrogen and oxygen atoms in total. The van der Waals surface area contributed by atoms with E-state index in [1.54, 1.807) is 11.3 Å². The number of unbranched alkanes of at least 4 members (excludes halogenated alkanes) is 6. The summed E-state index contributed by atoms with van der Waals surface area (Å²) < 4.78 is 14.4. The Morgan fingerprint density at radius 1 is 0.684 bits per heavy atom. The number of nitrogens with zero attached hydrogens (tertiary/aromatic N) is 2. The molecule has 2 atom stereocenters. The first-order valence-corrected chi connectivity index (χ1v) is 15.4. The van der Waals surface area contributed by atoms with Gasteiger partial charge in [0.25, 0.3) is 0 Å². The maximum atomic E-state index is 6.13. The molecule has 2 aromatic heterocycles. The molecule has 4 aromatic rings. The highest BCUT2D eigenvalue weighted by Gasteiger charge is 2.11. The highest BCUT2D eigenvalue weighted by molar-refractivity contribution is 7.20. The van der Waals surface area contributed by atoms with Gasteiger partial charge in [-0.2, -0.15) is 0 Å². The summed E-state index contributed by atoms with van der Waals surface area (Å²) in [6, 6.07) is 16.8. The van der Waals surface area contributed by atoms with Crippen molar-refractivity contribution in [2.45, 2.75) is 104 Å². The van der Waals surface area contributed by atoms with Gasteiger partial charge in [0.2, 0.25) is 0 Å². The largest absolute Gasteiger partial charge is 0.491 e. The van der Waals surface area contributed by atoms with Crippen molar-refractivity contribution >= 4 is 16.3 Å². The van der Waals surface area contributed by atoms with Crippen LogP contribution in [0.4, 0.5) is 0 Å². The van der Waals surface area contributed by atoms with Crippen LogP contribution in [0.25, 0.3) is 26.7 Å². The fourth-order valence-corrected chi connectivity index (χ4v) is 5.74. The van der Waals surface area contributed by atoms with Crippen LogP contribution in [0, 0.1) is 0 Å². The van der Waals surface area contributed by atoms with E-state index in [4.69, 9.17) is 14.5 Å². The normalized spacial score (nSPS) is 13.1. The van der Waals surface area contributed by atoms with E-state index < -0.39 is 0 Å². The Hall–Kier alpha value is -2.79. The molecule has 204 valence electrons. The standard InChI is InChI=1S/C33H44N2O2S/c1-5-7-9-11-13-25(3)36-29-19-15-27(16-20-29)31-23-35-24-32(38-33(35)34-31)28-17-21-30(22-18-28)37-26(4)14-12-10-8-6-2/h15-26H,5-14H2,1-4H3/t25-,26-/m0/s1. The number of thiazole rings is 1. The van der Waals surface area contributed by atoms with Crippen LogP contribution in [0.3, 0.4) is 0 Å². The third kappa shape index (κ3) is 8.10.